The zero-order valence-corrected chi connectivity index (χ0v) is 6.05. The molecule has 54 valence electrons. The highest BCUT2D eigenvalue weighted by Crippen LogP contribution is 2.23. The van der Waals surface area contributed by atoms with Gasteiger partial charge in [0, 0.05) is 0 Å². The molecule has 2 aliphatic rings. The van der Waals surface area contributed by atoms with Crippen LogP contribution >= 0.6 is 0 Å². The van der Waals surface area contributed by atoms with E-state index >= 15 is 0 Å². The van der Waals surface area contributed by atoms with Crippen LogP contribution in [-0.4, -0.2) is 12.7 Å². The molecule has 10 heavy (non-hydrogen) atoms. The Morgan fingerprint density at radius 2 is 2.40 bits per heavy atom. The molecular weight excluding hydrogens is 124 g/mol. The summed E-state index contributed by atoms with van der Waals surface area (Å²) in [4.78, 5) is 0. The molecule has 1 aliphatic carbocycles. The third-order valence-corrected chi connectivity index (χ3v) is 1.98. The Hall–Kier alpha value is -0.560. The van der Waals surface area contributed by atoms with E-state index in [1.54, 1.807) is 5.57 Å². The fourth-order valence-electron chi connectivity index (χ4n) is 1.29. The maximum absolute atomic E-state index is 5.15. The van der Waals surface area contributed by atoms with Crippen molar-refractivity contribution in [3.05, 3.63) is 23.8 Å². The molecule has 1 nitrogen and oxygen atoms in total. The van der Waals surface area contributed by atoms with Crippen LogP contribution in [0.1, 0.15) is 19.3 Å². The standard InChI is InChI=1S/C9H12O/c1-2-4-8(5-3-1)6-9-7-10-9/h1-2,5,9H,3-4,6-7H2. The van der Waals surface area contributed by atoms with E-state index in [0.29, 0.717) is 6.10 Å². The summed E-state index contributed by atoms with van der Waals surface area (Å²) in [6.45, 7) is 0.987. The number of ether oxygens (including phenoxy) is 1. The van der Waals surface area contributed by atoms with E-state index in [9.17, 15) is 0 Å². The van der Waals surface area contributed by atoms with E-state index in [4.69, 9.17) is 4.74 Å². The van der Waals surface area contributed by atoms with Gasteiger partial charge >= 0.3 is 0 Å². The van der Waals surface area contributed by atoms with E-state index in [-0.39, 0.29) is 0 Å². The Kier molecular flexibility index (Phi) is 1.60. The average Bonchev–Trinajstić information content (AvgIpc) is 2.74. The molecular formula is C9H12O. The number of hydrogen-bond acceptors (Lipinski definition) is 1. The molecule has 1 heterocycles. The van der Waals surface area contributed by atoms with Crippen molar-refractivity contribution in [3.63, 3.8) is 0 Å². The first-order chi connectivity index (χ1) is 4.95. The highest BCUT2D eigenvalue weighted by Gasteiger charge is 2.23. The molecule has 0 bridgehead atoms. The molecule has 1 aliphatic heterocycles. The van der Waals surface area contributed by atoms with Gasteiger partial charge in [0.2, 0.25) is 0 Å². The van der Waals surface area contributed by atoms with Gasteiger partial charge in [0.15, 0.2) is 0 Å². The second-order valence-corrected chi connectivity index (χ2v) is 2.93. The highest BCUT2D eigenvalue weighted by molar-refractivity contribution is 5.16. The topological polar surface area (TPSA) is 12.5 Å². The van der Waals surface area contributed by atoms with Gasteiger partial charge in [-0.2, -0.15) is 0 Å². The van der Waals surface area contributed by atoms with Crippen LogP contribution in [0.25, 0.3) is 0 Å². The Labute approximate surface area is 61.4 Å². The SMILES string of the molecule is C1=CCC(CC2CO2)=CC1. The van der Waals surface area contributed by atoms with Gasteiger partial charge < -0.3 is 4.74 Å². The normalized spacial score (nSPS) is 30.0. The van der Waals surface area contributed by atoms with Gasteiger partial charge in [0.25, 0.3) is 0 Å². The van der Waals surface area contributed by atoms with Gasteiger partial charge in [-0.05, 0) is 19.3 Å². The first-order valence-corrected chi connectivity index (χ1v) is 3.89. The van der Waals surface area contributed by atoms with Crippen LogP contribution in [0.4, 0.5) is 0 Å². The molecule has 0 amide bonds. The zero-order chi connectivity index (χ0) is 6.81. The molecule has 0 spiro atoms. The minimum absolute atomic E-state index is 0.567. The maximum Gasteiger partial charge on any atom is 0.0847 e. The second kappa shape index (κ2) is 2.59. The van der Waals surface area contributed by atoms with E-state index in [1.807, 2.05) is 0 Å². The molecule has 2 rings (SSSR count). The lowest BCUT2D eigenvalue weighted by atomic mass is 10.0. The Morgan fingerprint density at radius 1 is 1.50 bits per heavy atom. The summed E-state index contributed by atoms with van der Waals surface area (Å²) in [5.74, 6) is 0. The molecule has 0 saturated carbocycles. The van der Waals surface area contributed by atoms with E-state index in [1.165, 1.54) is 6.42 Å². The Morgan fingerprint density at radius 3 is 3.00 bits per heavy atom. The minimum Gasteiger partial charge on any atom is -0.373 e. The van der Waals surface area contributed by atoms with Gasteiger partial charge in [-0.15, -0.1) is 0 Å². The smallest absolute Gasteiger partial charge is 0.0847 e. The molecule has 0 radical (unpaired) electrons. The molecule has 1 fully saturated rings. The quantitative estimate of drug-likeness (QED) is 0.418. The maximum atomic E-state index is 5.15. The molecule has 0 aromatic rings. The van der Waals surface area contributed by atoms with Crippen molar-refractivity contribution in [2.24, 2.45) is 0 Å². The molecule has 1 saturated heterocycles. The van der Waals surface area contributed by atoms with Crippen molar-refractivity contribution in [1.82, 2.24) is 0 Å². The molecule has 1 unspecified atom stereocenters. The lowest BCUT2D eigenvalue weighted by Gasteiger charge is -2.04. The van der Waals surface area contributed by atoms with E-state index in [0.717, 1.165) is 19.4 Å². The number of hydrogen-bond donors (Lipinski definition) is 0. The van der Waals surface area contributed by atoms with Gasteiger partial charge in [0.1, 0.15) is 0 Å². The van der Waals surface area contributed by atoms with Crippen LogP contribution in [0.15, 0.2) is 23.8 Å². The third kappa shape index (κ3) is 1.48. The van der Waals surface area contributed by atoms with Crippen molar-refractivity contribution < 1.29 is 4.74 Å². The first-order valence-electron chi connectivity index (χ1n) is 3.89. The number of rotatable bonds is 2. The first kappa shape index (κ1) is 6.17. The molecule has 1 atom stereocenters. The summed E-state index contributed by atoms with van der Waals surface area (Å²) in [7, 11) is 0. The summed E-state index contributed by atoms with van der Waals surface area (Å²) in [6.07, 6.45) is 10.8. The average molecular weight is 136 g/mol. The number of epoxide rings is 1. The zero-order valence-electron chi connectivity index (χ0n) is 6.05. The summed E-state index contributed by atoms with van der Waals surface area (Å²) < 4.78 is 5.15. The minimum atomic E-state index is 0.567. The Balaban J connectivity index is 1.85. The monoisotopic (exact) mass is 136 g/mol. The van der Waals surface area contributed by atoms with Crippen molar-refractivity contribution >= 4 is 0 Å². The fraction of sp³-hybridized carbons (Fsp3) is 0.556. The van der Waals surface area contributed by atoms with Crippen LogP contribution in [-0.2, 0) is 4.74 Å². The second-order valence-electron chi connectivity index (χ2n) is 2.93. The van der Waals surface area contributed by atoms with Crippen LogP contribution in [0.5, 0.6) is 0 Å². The van der Waals surface area contributed by atoms with Gasteiger partial charge in [-0.1, -0.05) is 23.8 Å². The van der Waals surface area contributed by atoms with Gasteiger partial charge in [-0.3, -0.25) is 0 Å². The van der Waals surface area contributed by atoms with Gasteiger partial charge in [0.05, 0.1) is 12.7 Å². The van der Waals surface area contributed by atoms with Crippen LogP contribution in [0, 0.1) is 0 Å². The summed E-state index contributed by atoms with van der Waals surface area (Å²) in [6, 6.07) is 0. The summed E-state index contributed by atoms with van der Waals surface area (Å²) in [5, 5.41) is 0. The van der Waals surface area contributed by atoms with Crippen molar-refractivity contribution in [2.75, 3.05) is 6.61 Å². The fourth-order valence-corrected chi connectivity index (χ4v) is 1.29. The van der Waals surface area contributed by atoms with Crippen molar-refractivity contribution in [1.29, 1.82) is 0 Å². The molecule has 1 heteroatoms. The van der Waals surface area contributed by atoms with Crippen LogP contribution in [0.2, 0.25) is 0 Å². The number of allylic oxidation sites excluding steroid dienone is 3. The molecule has 0 aromatic heterocycles. The lowest BCUT2D eigenvalue weighted by Crippen LogP contribution is -1.91. The van der Waals surface area contributed by atoms with Crippen molar-refractivity contribution in [3.8, 4) is 0 Å². The van der Waals surface area contributed by atoms with E-state index < -0.39 is 0 Å². The van der Waals surface area contributed by atoms with E-state index in [2.05, 4.69) is 18.2 Å². The van der Waals surface area contributed by atoms with Crippen LogP contribution < -0.4 is 0 Å². The largest absolute Gasteiger partial charge is 0.373 e. The van der Waals surface area contributed by atoms with Gasteiger partial charge in [-0.25, -0.2) is 0 Å². The predicted molar refractivity (Wildman–Crippen MR) is 40.8 cm³/mol. The summed E-state index contributed by atoms with van der Waals surface area (Å²) >= 11 is 0. The lowest BCUT2D eigenvalue weighted by molar-refractivity contribution is 0.406. The Bertz CT molecular complexity index is 175. The molecule has 0 N–H and O–H groups in total. The molecule has 0 aromatic carbocycles. The third-order valence-electron chi connectivity index (χ3n) is 1.98. The van der Waals surface area contributed by atoms with Crippen LogP contribution in [0.3, 0.4) is 0 Å². The summed E-state index contributed by atoms with van der Waals surface area (Å²) in [5.41, 5.74) is 1.56. The van der Waals surface area contributed by atoms with Crippen molar-refractivity contribution in [2.45, 2.75) is 25.4 Å². The predicted octanol–water partition coefficient (Wildman–Crippen LogP) is 2.05. The highest BCUT2D eigenvalue weighted by atomic mass is 16.6.